The van der Waals surface area contributed by atoms with E-state index >= 15 is 0 Å². The quantitative estimate of drug-likeness (QED) is 0.795. The molecule has 0 radical (unpaired) electrons. The fourth-order valence-electron chi connectivity index (χ4n) is 1.50. The highest BCUT2D eigenvalue weighted by Crippen LogP contribution is 2.58. The highest BCUT2D eigenvalue weighted by Gasteiger charge is 2.33. The summed E-state index contributed by atoms with van der Waals surface area (Å²) in [4.78, 5) is 0. The van der Waals surface area contributed by atoms with Crippen LogP contribution in [0.15, 0.2) is 24.3 Å². The molecule has 0 aliphatic rings. The van der Waals surface area contributed by atoms with Crippen LogP contribution in [0.5, 0.6) is 0 Å². The molecule has 1 aromatic rings. The first-order valence-corrected chi connectivity index (χ1v) is 7.35. The molecule has 5 heteroatoms. The van der Waals surface area contributed by atoms with Gasteiger partial charge in [-0.1, -0.05) is 29.8 Å². The SMILES string of the molecule is CCOP(=O)(OCC)[C@@H](N)c1ccc(C)cc1. The predicted molar refractivity (Wildman–Crippen MR) is 69.0 cm³/mol. The smallest absolute Gasteiger partial charge is 0.314 e. The minimum atomic E-state index is -3.27. The van der Waals surface area contributed by atoms with Crippen LogP contribution in [0.25, 0.3) is 0 Å². The first-order chi connectivity index (χ1) is 8.03. The monoisotopic (exact) mass is 257 g/mol. The van der Waals surface area contributed by atoms with Crippen LogP contribution in [0.1, 0.15) is 30.8 Å². The lowest BCUT2D eigenvalue weighted by atomic mass is 10.1. The van der Waals surface area contributed by atoms with Crippen molar-refractivity contribution in [1.82, 2.24) is 0 Å². The molecule has 1 aromatic carbocycles. The Morgan fingerprint density at radius 3 is 2.06 bits per heavy atom. The lowest BCUT2D eigenvalue weighted by Crippen LogP contribution is -2.15. The van der Waals surface area contributed by atoms with Crippen molar-refractivity contribution in [2.45, 2.75) is 26.6 Å². The molecule has 17 heavy (non-hydrogen) atoms. The third-order valence-electron chi connectivity index (χ3n) is 2.38. The van der Waals surface area contributed by atoms with E-state index in [1.807, 2.05) is 31.2 Å². The van der Waals surface area contributed by atoms with Gasteiger partial charge in [0, 0.05) is 0 Å². The van der Waals surface area contributed by atoms with E-state index in [2.05, 4.69) is 0 Å². The molecule has 0 saturated carbocycles. The average molecular weight is 257 g/mol. The second-order valence-corrected chi connectivity index (χ2v) is 5.88. The van der Waals surface area contributed by atoms with Gasteiger partial charge in [0.15, 0.2) is 0 Å². The van der Waals surface area contributed by atoms with Crippen LogP contribution in [0.4, 0.5) is 0 Å². The van der Waals surface area contributed by atoms with Gasteiger partial charge in [0.1, 0.15) is 5.78 Å². The average Bonchev–Trinajstić information content (AvgIpc) is 2.30. The molecule has 1 atom stereocenters. The summed E-state index contributed by atoms with van der Waals surface area (Å²) in [5.41, 5.74) is 7.88. The van der Waals surface area contributed by atoms with E-state index in [-0.39, 0.29) is 0 Å². The number of aryl methyl sites for hydroxylation is 1. The largest absolute Gasteiger partial charge is 0.351 e. The summed E-state index contributed by atoms with van der Waals surface area (Å²) in [7, 11) is -3.27. The van der Waals surface area contributed by atoms with Crippen molar-refractivity contribution in [3.05, 3.63) is 35.4 Å². The summed E-state index contributed by atoms with van der Waals surface area (Å²) in [5.74, 6) is -0.733. The highest BCUT2D eigenvalue weighted by atomic mass is 31.2. The molecule has 0 spiro atoms. The molecular weight excluding hydrogens is 237 g/mol. The molecular formula is C12H20NO3P. The van der Waals surface area contributed by atoms with Gasteiger partial charge in [-0.05, 0) is 26.3 Å². The van der Waals surface area contributed by atoms with E-state index in [9.17, 15) is 4.57 Å². The molecule has 0 aromatic heterocycles. The topological polar surface area (TPSA) is 61.5 Å². The van der Waals surface area contributed by atoms with E-state index in [0.29, 0.717) is 13.2 Å². The second kappa shape index (κ2) is 6.31. The summed E-state index contributed by atoms with van der Waals surface area (Å²) < 4.78 is 22.9. The fourth-order valence-corrected chi connectivity index (χ4v) is 3.16. The van der Waals surface area contributed by atoms with Crippen LogP contribution in [-0.4, -0.2) is 13.2 Å². The van der Waals surface area contributed by atoms with Crippen molar-refractivity contribution in [3.63, 3.8) is 0 Å². The Kier molecular flexibility index (Phi) is 5.34. The third-order valence-corrected chi connectivity index (χ3v) is 4.59. The van der Waals surface area contributed by atoms with Gasteiger partial charge in [0.2, 0.25) is 0 Å². The highest BCUT2D eigenvalue weighted by molar-refractivity contribution is 7.54. The van der Waals surface area contributed by atoms with Gasteiger partial charge in [-0.15, -0.1) is 0 Å². The Labute approximate surface area is 103 Å². The molecule has 0 bridgehead atoms. The van der Waals surface area contributed by atoms with Crippen LogP contribution in [0.3, 0.4) is 0 Å². The zero-order valence-corrected chi connectivity index (χ0v) is 11.4. The Bertz CT molecular complexity index is 381. The summed E-state index contributed by atoms with van der Waals surface area (Å²) in [6, 6.07) is 7.56. The third kappa shape index (κ3) is 3.65. The van der Waals surface area contributed by atoms with Gasteiger partial charge in [-0.25, -0.2) is 0 Å². The lowest BCUT2D eigenvalue weighted by molar-refractivity contribution is 0.212. The number of hydrogen-bond donors (Lipinski definition) is 1. The molecule has 0 amide bonds. The van der Waals surface area contributed by atoms with Crippen LogP contribution in [0, 0.1) is 6.92 Å². The molecule has 4 nitrogen and oxygen atoms in total. The van der Waals surface area contributed by atoms with Crippen molar-refractivity contribution >= 4 is 7.60 Å². The van der Waals surface area contributed by atoms with Crippen LogP contribution in [0.2, 0.25) is 0 Å². The van der Waals surface area contributed by atoms with Gasteiger partial charge in [0.25, 0.3) is 0 Å². The summed E-state index contributed by atoms with van der Waals surface area (Å²) in [6.45, 7) is 6.16. The van der Waals surface area contributed by atoms with Gasteiger partial charge in [0.05, 0.1) is 13.2 Å². The zero-order valence-electron chi connectivity index (χ0n) is 10.6. The van der Waals surface area contributed by atoms with Gasteiger partial charge < -0.3 is 14.8 Å². The molecule has 96 valence electrons. The summed E-state index contributed by atoms with van der Waals surface area (Å²) in [5, 5.41) is 0. The van der Waals surface area contributed by atoms with Gasteiger partial charge >= 0.3 is 7.60 Å². The second-order valence-electron chi connectivity index (χ2n) is 3.73. The predicted octanol–water partition coefficient (Wildman–Crippen LogP) is 3.22. The maximum absolute atomic E-state index is 12.4. The molecule has 0 unspecified atom stereocenters. The maximum Gasteiger partial charge on any atom is 0.351 e. The molecule has 1 rings (SSSR count). The molecule has 0 aliphatic heterocycles. The Balaban J connectivity index is 2.95. The van der Waals surface area contributed by atoms with E-state index in [1.54, 1.807) is 13.8 Å². The van der Waals surface area contributed by atoms with Crippen LogP contribution in [-0.2, 0) is 13.6 Å². The Morgan fingerprint density at radius 1 is 1.18 bits per heavy atom. The van der Waals surface area contributed by atoms with E-state index in [4.69, 9.17) is 14.8 Å². The van der Waals surface area contributed by atoms with Gasteiger partial charge in [-0.3, -0.25) is 4.57 Å². The van der Waals surface area contributed by atoms with Gasteiger partial charge in [-0.2, -0.15) is 0 Å². The fraction of sp³-hybridized carbons (Fsp3) is 0.500. The van der Waals surface area contributed by atoms with Crippen LogP contribution < -0.4 is 5.73 Å². The molecule has 0 aliphatic carbocycles. The maximum atomic E-state index is 12.4. The summed E-state index contributed by atoms with van der Waals surface area (Å²) in [6.07, 6.45) is 0. The van der Waals surface area contributed by atoms with Crippen molar-refractivity contribution in [2.75, 3.05) is 13.2 Å². The molecule has 0 heterocycles. The van der Waals surface area contributed by atoms with E-state index < -0.39 is 13.4 Å². The van der Waals surface area contributed by atoms with Crippen molar-refractivity contribution in [3.8, 4) is 0 Å². The number of nitrogens with two attached hydrogens (primary N) is 1. The minimum absolute atomic E-state index is 0.316. The van der Waals surface area contributed by atoms with Crippen molar-refractivity contribution in [2.24, 2.45) is 5.73 Å². The van der Waals surface area contributed by atoms with E-state index in [1.165, 1.54) is 0 Å². The standard InChI is InChI=1S/C12H20NO3P/c1-4-15-17(14,16-5-2)12(13)11-8-6-10(3)7-9-11/h6-9,12H,4-5,13H2,1-3H3/t12-/m1/s1. The Morgan fingerprint density at radius 2 is 1.65 bits per heavy atom. The zero-order chi connectivity index (χ0) is 12.9. The normalized spacial score (nSPS) is 13.6. The number of benzene rings is 1. The minimum Gasteiger partial charge on any atom is -0.314 e. The Hall–Kier alpha value is -0.670. The van der Waals surface area contributed by atoms with Crippen LogP contribution >= 0.6 is 7.60 Å². The number of hydrogen-bond acceptors (Lipinski definition) is 4. The van der Waals surface area contributed by atoms with Crippen molar-refractivity contribution in [1.29, 1.82) is 0 Å². The first-order valence-electron chi connectivity index (χ1n) is 5.74. The number of rotatable bonds is 6. The summed E-state index contributed by atoms with van der Waals surface area (Å²) >= 11 is 0. The van der Waals surface area contributed by atoms with E-state index in [0.717, 1.165) is 11.1 Å². The van der Waals surface area contributed by atoms with Crippen molar-refractivity contribution < 1.29 is 13.6 Å². The molecule has 2 N–H and O–H groups in total. The molecule has 0 saturated heterocycles. The molecule has 0 fully saturated rings. The lowest BCUT2D eigenvalue weighted by Gasteiger charge is -2.23. The first kappa shape index (κ1) is 14.4.